The monoisotopic (exact) mass is 428 g/mol. The number of amides is 1. The Balaban J connectivity index is 1.62. The minimum atomic E-state index is -0.732. The van der Waals surface area contributed by atoms with Crippen molar-refractivity contribution in [1.29, 1.82) is 0 Å². The van der Waals surface area contributed by atoms with Crippen LogP contribution in [-0.4, -0.2) is 39.9 Å². The Hall–Kier alpha value is -4.13. The Labute approximate surface area is 184 Å². The van der Waals surface area contributed by atoms with Crippen LogP contribution in [0.4, 0.5) is 0 Å². The number of hydrogen-bond acceptors (Lipinski definition) is 6. The molecule has 7 heteroatoms. The summed E-state index contributed by atoms with van der Waals surface area (Å²) in [7, 11) is 0. The van der Waals surface area contributed by atoms with Crippen LogP contribution in [0.1, 0.15) is 22.7 Å². The zero-order valence-corrected chi connectivity index (χ0v) is 17.1. The van der Waals surface area contributed by atoms with E-state index in [-0.39, 0.29) is 17.9 Å². The molecule has 2 aliphatic rings. The fourth-order valence-corrected chi connectivity index (χ4v) is 4.06. The van der Waals surface area contributed by atoms with Gasteiger partial charge in [0.1, 0.15) is 19.0 Å². The largest absolute Gasteiger partial charge is 0.507 e. The Kier molecular flexibility index (Phi) is 5.07. The number of benzene rings is 2. The lowest BCUT2D eigenvalue weighted by atomic mass is 9.95. The first-order valence-electron chi connectivity index (χ1n) is 10.3. The van der Waals surface area contributed by atoms with E-state index in [1.807, 2.05) is 36.4 Å². The van der Waals surface area contributed by atoms with Crippen LogP contribution in [0.5, 0.6) is 11.5 Å². The van der Waals surface area contributed by atoms with E-state index < -0.39 is 17.7 Å². The molecule has 0 unspecified atom stereocenters. The molecular formula is C25H20N2O5. The first kappa shape index (κ1) is 19.8. The number of likely N-dealkylation sites (tertiary alicyclic amines) is 1. The second kappa shape index (κ2) is 8.19. The molecule has 0 saturated carbocycles. The summed E-state index contributed by atoms with van der Waals surface area (Å²) < 4.78 is 11.1. The number of rotatable bonds is 4. The number of aromatic nitrogens is 1. The van der Waals surface area contributed by atoms with Crippen LogP contribution in [0.25, 0.3) is 5.76 Å². The highest BCUT2D eigenvalue weighted by Crippen LogP contribution is 2.41. The summed E-state index contributed by atoms with van der Waals surface area (Å²) in [6, 6.07) is 17.1. The molecule has 32 heavy (non-hydrogen) atoms. The summed E-state index contributed by atoms with van der Waals surface area (Å²) in [6.07, 6.45) is 3.30. The maximum Gasteiger partial charge on any atom is 0.295 e. The standard InChI is InChI=1S/C25H20N2O5/c28-23(18-8-9-19-20(13-18)32-12-11-31-19)21-22(17-6-2-1-3-7-17)27(25(30)24(21)29)15-16-5-4-10-26-14-16/h1-10,13-14,22,28H,11-12,15H2/t22-/m0/s1. The van der Waals surface area contributed by atoms with Gasteiger partial charge in [0.05, 0.1) is 11.6 Å². The molecule has 7 nitrogen and oxygen atoms in total. The van der Waals surface area contributed by atoms with Gasteiger partial charge in [0, 0.05) is 24.5 Å². The van der Waals surface area contributed by atoms with Crippen LogP contribution in [-0.2, 0) is 16.1 Å². The van der Waals surface area contributed by atoms with Gasteiger partial charge in [0.25, 0.3) is 11.7 Å². The number of carbonyl (C=O) groups is 2. The molecule has 1 fully saturated rings. The number of carbonyl (C=O) groups excluding carboxylic acids is 2. The second-order valence-corrected chi connectivity index (χ2v) is 7.56. The Bertz CT molecular complexity index is 1210. The number of ketones is 1. The highest BCUT2D eigenvalue weighted by atomic mass is 16.6. The molecule has 1 N–H and O–H groups in total. The zero-order chi connectivity index (χ0) is 22.1. The fraction of sp³-hybridized carbons (Fsp3) is 0.160. The predicted molar refractivity (Wildman–Crippen MR) is 116 cm³/mol. The molecule has 160 valence electrons. The first-order valence-corrected chi connectivity index (χ1v) is 10.3. The van der Waals surface area contributed by atoms with Gasteiger partial charge in [-0.2, -0.15) is 0 Å². The summed E-state index contributed by atoms with van der Waals surface area (Å²) in [4.78, 5) is 31.7. The minimum Gasteiger partial charge on any atom is -0.507 e. The smallest absolute Gasteiger partial charge is 0.295 e. The third-order valence-electron chi connectivity index (χ3n) is 5.55. The summed E-state index contributed by atoms with van der Waals surface area (Å²) >= 11 is 0. The second-order valence-electron chi connectivity index (χ2n) is 7.56. The molecule has 1 atom stereocenters. The van der Waals surface area contributed by atoms with Crippen LogP contribution in [0.2, 0.25) is 0 Å². The van der Waals surface area contributed by atoms with Gasteiger partial charge in [-0.05, 0) is 35.4 Å². The number of hydrogen-bond donors (Lipinski definition) is 1. The Morgan fingerprint density at radius 1 is 1.00 bits per heavy atom. The third kappa shape index (κ3) is 3.47. The molecule has 1 saturated heterocycles. The molecular weight excluding hydrogens is 408 g/mol. The van der Waals surface area contributed by atoms with Crippen molar-refractivity contribution in [2.75, 3.05) is 13.2 Å². The molecule has 3 aromatic rings. The van der Waals surface area contributed by atoms with E-state index in [0.29, 0.717) is 30.3 Å². The molecule has 1 aromatic heterocycles. The average molecular weight is 428 g/mol. The summed E-state index contributed by atoms with van der Waals surface area (Å²) in [5, 5.41) is 11.2. The van der Waals surface area contributed by atoms with Gasteiger partial charge in [0.15, 0.2) is 11.5 Å². The predicted octanol–water partition coefficient (Wildman–Crippen LogP) is 3.47. The normalized spacial score (nSPS) is 19.2. The topological polar surface area (TPSA) is 89.0 Å². The number of ether oxygens (including phenoxy) is 2. The van der Waals surface area contributed by atoms with E-state index in [9.17, 15) is 14.7 Å². The Morgan fingerprint density at radius 3 is 2.53 bits per heavy atom. The molecule has 0 aliphatic carbocycles. The SMILES string of the molecule is O=C1C(=O)N(Cc2cccnc2)[C@@H](c2ccccc2)C1=C(O)c1ccc2c(c1)OCCO2. The van der Waals surface area contributed by atoms with Crippen molar-refractivity contribution in [3.05, 3.63) is 95.3 Å². The van der Waals surface area contributed by atoms with E-state index >= 15 is 0 Å². The number of Topliss-reactive ketones (excluding diaryl/α,β-unsaturated/α-hetero) is 1. The summed E-state index contributed by atoms with van der Waals surface area (Å²) in [5.41, 5.74) is 1.95. The molecule has 2 aromatic carbocycles. The molecule has 0 spiro atoms. The van der Waals surface area contributed by atoms with Crippen LogP contribution < -0.4 is 9.47 Å². The lowest BCUT2D eigenvalue weighted by Crippen LogP contribution is -2.29. The highest BCUT2D eigenvalue weighted by molar-refractivity contribution is 6.46. The molecule has 1 amide bonds. The van der Waals surface area contributed by atoms with E-state index in [0.717, 1.165) is 11.1 Å². The molecule has 0 bridgehead atoms. The van der Waals surface area contributed by atoms with E-state index in [2.05, 4.69) is 4.98 Å². The van der Waals surface area contributed by atoms with Crippen molar-refractivity contribution in [2.24, 2.45) is 0 Å². The van der Waals surface area contributed by atoms with Gasteiger partial charge >= 0.3 is 0 Å². The lowest BCUT2D eigenvalue weighted by molar-refractivity contribution is -0.140. The maximum atomic E-state index is 13.1. The summed E-state index contributed by atoms with van der Waals surface area (Å²) in [6.45, 7) is 1.04. The third-order valence-corrected chi connectivity index (χ3v) is 5.55. The van der Waals surface area contributed by atoms with E-state index in [4.69, 9.17) is 9.47 Å². The highest BCUT2D eigenvalue weighted by Gasteiger charge is 2.46. The minimum absolute atomic E-state index is 0.0433. The number of aliphatic hydroxyl groups is 1. The van der Waals surface area contributed by atoms with Gasteiger partial charge < -0.3 is 19.5 Å². The van der Waals surface area contributed by atoms with E-state index in [1.165, 1.54) is 4.90 Å². The summed E-state index contributed by atoms with van der Waals surface area (Å²) in [5.74, 6) is -0.578. The zero-order valence-electron chi connectivity index (χ0n) is 17.1. The van der Waals surface area contributed by atoms with Crippen LogP contribution >= 0.6 is 0 Å². The van der Waals surface area contributed by atoms with Crippen molar-refractivity contribution in [2.45, 2.75) is 12.6 Å². The van der Waals surface area contributed by atoms with Gasteiger partial charge in [-0.3, -0.25) is 14.6 Å². The molecule has 0 radical (unpaired) electrons. The van der Waals surface area contributed by atoms with Gasteiger partial charge in [-0.1, -0.05) is 36.4 Å². The molecule has 5 rings (SSSR count). The first-order chi connectivity index (χ1) is 15.6. The van der Waals surface area contributed by atoms with Gasteiger partial charge in [-0.25, -0.2) is 0 Å². The van der Waals surface area contributed by atoms with Crippen molar-refractivity contribution in [3.8, 4) is 11.5 Å². The van der Waals surface area contributed by atoms with Crippen molar-refractivity contribution >= 4 is 17.4 Å². The number of aliphatic hydroxyl groups excluding tert-OH is 1. The van der Waals surface area contributed by atoms with Gasteiger partial charge in [0.2, 0.25) is 0 Å². The van der Waals surface area contributed by atoms with Gasteiger partial charge in [-0.15, -0.1) is 0 Å². The quantitative estimate of drug-likeness (QED) is 0.389. The van der Waals surface area contributed by atoms with Crippen molar-refractivity contribution < 1.29 is 24.2 Å². The number of pyridine rings is 1. The number of fused-ring (bicyclic) bond motifs is 1. The maximum absolute atomic E-state index is 13.1. The lowest BCUT2D eigenvalue weighted by Gasteiger charge is -2.25. The number of nitrogens with zero attached hydrogens (tertiary/aromatic N) is 2. The van der Waals surface area contributed by atoms with Crippen molar-refractivity contribution in [1.82, 2.24) is 9.88 Å². The fourth-order valence-electron chi connectivity index (χ4n) is 4.06. The molecule has 2 aliphatic heterocycles. The van der Waals surface area contributed by atoms with Crippen LogP contribution in [0, 0.1) is 0 Å². The Morgan fingerprint density at radius 2 is 1.78 bits per heavy atom. The average Bonchev–Trinajstić information content (AvgIpc) is 3.09. The van der Waals surface area contributed by atoms with Crippen molar-refractivity contribution in [3.63, 3.8) is 0 Å². The van der Waals surface area contributed by atoms with Crippen LogP contribution in [0.3, 0.4) is 0 Å². The van der Waals surface area contributed by atoms with Crippen LogP contribution in [0.15, 0.2) is 78.6 Å². The molecule has 3 heterocycles. The van der Waals surface area contributed by atoms with E-state index in [1.54, 1.807) is 36.7 Å².